The molecular formula is C5H5F5O. The monoisotopic (exact) mass is 176 g/mol. The molecule has 6 heteroatoms. The quantitative estimate of drug-likeness (QED) is 0.597. The first kappa shape index (κ1) is 10.3. The minimum absolute atomic E-state index is 1.52. The van der Waals surface area contributed by atoms with Gasteiger partial charge in [-0.3, -0.25) is 0 Å². The van der Waals surface area contributed by atoms with Crippen molar-refractivity contribution in [3.63, 3.8) is 0 Å². The van der Waals surface area contributed by atoms with E-state index in [1.165, 1.54) is 0 Å². The molecule has 11 heavy (non-hydrogen) atoms. The summed E-state index contributed by atoms with van der Waals surface area (Å²) in [4.78, 5) is 0. The molecule has 0 aromatic rings. The van der Waals surface area contributed by atoms with Gasteiger partial charge in [-0.05, 0) is 0 Å². The van der Waals surface area contributed by atoms with Crippen LogP contribution < -0.4 is 0 Å². The highest BCUT2D eigenvalue weighted by atomic mass is 19.3. The first-order valence-electron chi connectivity index (χ1n) is 2.51. The van der Waals surface area contributed by atoms with Crippen molar-refractivity contribution in [1.82, 2.24) is 0 Å². The van der Waals surface area contributed by atoms with Gasteiger partial charge in [0.25, 0.3) is 6.43 Å². The maximum Gasteiger partial charge on any atom is 0.408 e. The van der Waals surface area contributed by atoms with E-state index in [-0.39, 0.29) is 0 Å². The molecule has 0 atom stereocenters. The molecule has 66 valence electrons. The van der Waals surface area contributed by atoms with Gasteiger partial charge in [0.1, 0.15) is 6.61 Å². The first-order chi connectivity index (χ1) is 4.86. The van der Waals surface area contributed by atoms with Crippen molar-refractivity contribution < 1.29 is 26.7 Å². The second-order valence-corrected chi connectivity index (χ2v) is 1.62. The SMILES string of the molecule is C=C(F)C(F)(F)OCC(F)F. The Bertz CT molecular complexity index is 144. The largest absolute Gasteiger partial charge is 0.408 e. The summed E-state index contributed by atoms with van der Waals surface area (Å²) in [6.45, 7) is 0.700. The van der Waals surface area contributed by atoms with Crippen LogP contribution in [0.2, 0.25) is 0 Å². The lowest BCUT2D eigenvalue weighted by atomic mass is 10.5. The molecule has 0 saturated carbocycles. The van der Waals surface area contributed by atoms with Gasteiger partial charge in [-0.1, -0.05) is 6.58 Å². The van der Waals surface area contributed by atoms with E-state index < -0.39 is 25.0 Å². The molecule has 0 aromatic heterocycles. The van der Waals surface area contributed by atoms with Crippen molar-refractivity contribution in [2.75, 3.05) is 6.61 Å². The van der Waals surface area contributed by atoms with Crippen molar-refractivity contribution >= 4 is 0 Å². The molecule has 0 saturated heterocycles. The van der Waals surface area contributed by atoms with E-state index >= 15 is 0 Å². The summed E-state index contributed by atoms with van der Waals surface area (Å²) in [6.07, 6.45) is -7.36. The third-order valence-corrected chi connectivity index (χ3v) is 0.706. The van der Waals surface area contributed by atoms with Gasteiger partial charge in [-0.2, -0.15) is 8.78 Å². The Kier molecular flexibility index (Phi) is 3.44. The Hall–Kier alpha value is -0.650. The van der Waals surface area contributed by atoms with Crippen LogP contribution >= 0.6 is 0 Å². The fourth-order valence-electron chi connectivity index (χ4n) is 0.246. The van der Waals surface area contributed by atoms with Crippen LogP contribution in [-0.2, 0) is 4.74 Å². The van der Waals surface area contributed by atoms with E-state index in [2.05, 4.69) is 11.3 Å². The lowest BCUT2D eigenvalue weighted by Gasteiger charge is -2.12. The highest BCUT2D eigenvalue weighted by Crippen LogP contribution is 2.25. The van der Waals surface area contributed by atoms with E-state index in [1.807, 2.05) is 0 Å². The second-order valence-electron chi connectivity index (χ2n) is 1.62. The number of alkyl halides is 4. The number of ether oxygens (including phenoxy) is 1. The molecule has 1 nitrogen and oxygen atoms in total. The molecule has 0 bridgehead atoms. The minimum atomic E-state index is -4.31. The molecule has 0 aliphatic carbocycles. The lowest BCUT2D eigenvalue weighted by molar-refractivity contribution is -0.233. The number of hydrogen-bond acceptors (Lipinski definition) is 1. The lowest BCUT2D eigenvalue weighted by Crippen LogP contribution is -2.24. The zero-order valence-electron chi connectivity index (χ0n) is 5.29. The molecule has 0 spiro atoms. The fourth-order valence-corrected chi connectivity index (χ4v) is 0.246. The zero-order chi connectivity index (χ0) is 9.07. The molecule has 0 fully saturated rings. The third-order valence-electron chi connectivity index (χ3n) is 0.706. The van der Waals surface area contributed by atoms with Crippen molar-refractivity contribution in [3.05, 3.63) is 12.4 Å². The summed E-state index contributed by atoms with van der Waals surface area (Å²) in [5.74, 6) is -2.09. The molecule has 0 rings (SSSR count). The van der Waals surface area contributed by atoms with Crippen molar-refractivity contribution in [3.8, 4) is 0 Å². The van der Waals surface area contributed by atoms with Crippen LogP contribution in [-0.4, -0.2) is 19.1 Å². The average molecular weight is 176 g/mol. The van der Waals surface area contributed by atoms with Crippen LogP contribution in [0.3, 0.4) is 0 Å². The number of rotatable bonds is 4. The van der Waals surface area contributed by atoms with Crippen molar-refractivity contribution in [2.24, 2.45) is 0 Å². The molecule has 0 radical (unpaired) electrons. The summed E-state index contributed by atoms with van der Waals surface area (Å²) in [7, 11) is 0. The predicted molar refractivity (Wildman–Crippen MR) is 27.2 cm³/mol. The molecule has 0 aromatic carbocycles. The summed E-state index contributed by atoms with van der Waals surface area (Å²) < 4.78 is 61.0. The van der Waals surface area contributed by atoms with E-state index in [9.17, 15) is 22.0 Å². The molecule has 0 aliphatic heterocycles. The van der Waals surface area contributed by atoms with Crippen molar-refractivity contribution in [1.29, 1.82) is 0 Å². The van der Waals surface area contributed by atoms with Gasteiger partial charge in [-0.25, -0.2) is 13.2 Å². The molecule has 0 amide bonds. The molecular weight excluding hydrogens is 171 g/mol. The van der Waals surface area contributed by atoms with Gasteiger partial charge in [0, 0.05) is 0 Å². The van der Waals surface area contributed by atoms with Gasteiger partial charge in [0.2, 0.25) is 0 Å². The average Bonchev–Trinajstić information content (AvgIpc) is 1.84. The summed E-state index contributed by atoms with van der Waals surface area (Å²) >= 11 is 0. The van der Waals surface area contributed by atoms with Crippen LogP contribution in [0.1, 0.15) is 0 Å². The number of halogens is 5. The van der Waals surface area contributed by atoms with Gasteiger partial charge < -0.3 is 4.74 Å². The van der Waals surface area contributed by atoms with Crippen LogP contribution in [0.15, 0.2) is 12.4 Å². The Morgan fingerprint density at radius 2 is 1.91 bits per heavy atom. The van der Waals surface area contributed by atoms with Crippen molar-refractivity contribution in [2.45, 2.75) is 12.5 Å². The van der Waals surface area contributed by atoms with E-state index in [0.29, 0.717) is 0 Å². The normalized spacial score (nSPS) is 12.2. The van der Waals surface area contributed by atoms with Gasteiger partial charge in [0.15, 0.2) is 5.83 Å². The first-order valence-corrected chi connectivity index (χ1v) is 2.51. The van der Waals surface area contributed by atoms with Gasteiger partial charge >= 0.3 is 6.11 Å². The van der Waals surface area contributed by atoms with Crippen LogP contribution in [0.25, 0.3) is 0 Å². The zero-order valence-corrected chi connectivity index (χ0v) is 5.29. The fraction of sp³-hybridized carbons (Fsp3) is 0.600. The smallest absolute Gasteiger partial charge is 0.309 e. The predicted octanol–water partition coefficient (Wildman–Crippen LogP) is 2.34. The van der Waals surface area contributed by atoms with Gasteiger partial charge in [0.05, 0.1) is 0 Å². The Balaban J connectivity index is 3.83. The van der Waals surface area contributed by atoms with E-state index in [0.717, 1.165) is 0 Å². The van der Waals surface area contributed by atoms with E-state index in [4.69, 9.17) is 0 Å². The second kappa shape index (κ2) is 3.66. The summed E-state index contributed by atoms with van der Waals surface area (Å²) in [6, 6.07) is 0. The topological polar surface area (TPSA) is 9.23 Å². The maximum atomic E-state index is 11.9. The molecule has 0 N–H and O–H groups in total. The summed E-state index contributed by atoms with van der Waals surface area (Å²) in [5, 5.41) is 0. The summed E-state index contributed by atoms with van der Waals surface area (Å²) in [5.41, 5.74) is 0. The van der Waals surface area contributed by atoms with Crippen LogP contribution in [0, 0.1) is 0 Å². The standard InChI is InChI=1S/C5H5F5O/c1-3(6)5(9,10)11-2-4(7)8/h4H,1-2H2. The Labute approximate surface area is 59.5 Å². The Morgan fingerprint density at radius 1 is 1.45 bits per heavy atom. The van der Waals surface area contributed by atoms with Crippen LogP contribution in [0.5, 0.6) is 0 Å². The van der Waals surface area contributed by atoms with Crippen LogP contribution in [0.4, 0.5) is 22.0 Å². The number of hydrogen-bond donors (Lipinski definition) is 0. The molecule has 0 aliphatic rings. The Morgan fingerprint density at radius 3 is 2.18 bits per heavy atom. The third kappa shape index (κ3) is 3.92. The highest BCUT2D eigenvalue weighted by Gasteiger charge is 2.35. The van der Waals surface area contributed by atoms with Gasteiger partial charge in [-0.15, -0.1) is 0 Å². The molecule has 0 unspecified atom stereocenters. The van der Waals surface area contributed by atoms with E-state index in [1.54, 1.807) is 0 Å². The minimum Gasteiger partial charge on any atom is -0.309 e. The maximum absolute atomic E-state index is 11.9. The highest BCUT2D eigenvalue weighted by molar-refractivity contribution is 4.90. The molecule has 0 heterocycles.